The van der Waals surface area contributed by atoms with Gasteiger partial charge in [-0.05, 0) is 55.5 Å². The normalized spacial score (nSPS) is 12.4. The summed E-state index contributed by atoms with van der Waals surface area (Å²) in [5.41, 5.74) is 8.74. The van der Waals surface area contributed by atoms with Crippen LogP contribution < -0.4 is 27.0 Å². The largest absolute Gasteiger partial charge is 0.351 e. The van der Waals surface area contributed by atoms with Crippen molar-refractivity contribution < 1.29 is 9.59 Å². The first kappa shape index (κ1) is 26.9. The number of nitrogens with one attached hydrogen (secondary N) is 4. The summed E-state index contributed by atoms with van der Waals surface area (Å²) in [6.45, 7) is 1.36. The summed E-state index contributed by atoms with van der Waals surface area (Å²) in [5, 5.41) is 12.4. The molecule has 3 aromatic carbocycles. The first-order valence-corrected chi connectivity index (χ1v) is 12.6. The standard InChI is InChI=1S/C29H37N5O2/c30-20-10-17-27(28(35)31-21-24-13-6-2-7-14-24)33-26(19-18-23-11-4-1-5-12-23)22-32-29(36)34-25-15-8-3-9-16-25/h1-9,11-16,26-27,33H,10,17-22,30H2,(H,31,35)(H2,32,34,36)/t26?,27-/m0/s1. The molecule has 0 bridgehead atoms. The van der Waals surface area contributed by atoms with Gasteiger partial charge in [0.1, 0.15) is 0 Å². The van der Waals surface area contributed by atoms with Crippen LogP contribution in [0.1, 0.15) is 30.4 Å². The smallest absolute Gasteiger partial charge is 0.319 e. The van der Waals surface area contributed by atoms with E-state index in [0.29, 0.717) is 26.1 Å². The average molecular weight is 488 g/mol. The number of anilines is 1. The minimum Gasteiger partial charge on any atom is -0.351 e. The van der Waals surface area contributed by atoms with Crippen LogP contribution in [-0.4, -0.2) is 37.1 Å². The summed E-state index contributed by atoms with van der Waals surface area (Å²) in [6, 6.07) is 28.6. The third kappa shape index (κ3) is 9.90. The minimum atomic E-state index is -0.406. The summed E-state index contributed by atoms with van der Waals surface area (Å²) < 4.78 is 0. The average Bonchev–Trinajstić information content (AvgIpc) is 2.92. The maximum atomic E-state index is 13.1. The minimum absolute atomic E-state index is 0.0641. The molecule has 190 valence electrons. The monoisotopic (exact) mass is 487 g/mol. The van der Waals surface area contributed by atoms with Crippen LogP contribution in [0.25, 0.3) is 0 Å². The molecule has 0 radical (unpaired) electrons. The second-order valence-corrected chi connectivity index (χ2v) is 8.78. The van der Waals surface area contributed by atoms with Gasteiger partial charge in [-0.15, -0.1) is 0 Å². The van der Waals surface area contributed by atoms with Crippen LogP contribution in [0.2, 0.25) is 0 Å². The van der Waals surface area contributed by atoms with Gasteiger partial charge >= 0.3 is 6.03 Å². The van der Waals surface area contributed by atoms with Crippen LogP contribution in [0.5, 0.6) is 0 Å². The van der Waals surface area contributed by atoms with Crippen molar-refractivity contribution in [2.45, 2.75) is 44.3 Å². The van der Waals surface area contributed by atoms with Gasteiger partial charge in [0.15, 0.2) is 0 Å². The zero-order chi connectivity index (χ0) is 25.4. The quantitative estimate of drug-likeness (QED) is 0.238. The van der Waals surface area contributed by atoms with Crippen molar-refractivity contribution in [1.82, 2.24) is 16.0 Å². The molecule has 1 unspecified atom stereocenters. The summed E-state index contributed by atoms with van der Waals surface area (Å²) in [6.07, 6.45) is 2.94. The van der Waals surface area contributed by atoms with Crippen LogP contribution in [0.15, 0.2) is 91.0 Å². The van der Waals surface area contributed by atoms with E-state index in [0.717, 1.165) is 30.5 Å². The van der Waals surface area contributed by atoms with Crippen molar-refractivity contribution in [1.29, 1.82) is 0 Å². The van der Waals surface area contributed by atoms with Crippen molar-refractivity contribution in [3.63, 3.8) is 0 Å². The third-order valence-electron chi connectivity index (χ3n) is 5.92. The Morgan fingerprint density at radius 3 is 2.00 bits per heavy atom. The van der Waals surface area contributed by atoms with E-state index in [9.17, 15) is 9.59 Å². The second-order valence-electron chi connectivity index (χ2n) is 8.78. The fourth-order valence-electron chi connectivity index (χ4n) is 3.95. The van der Waals surface area contributed by atoms with Gasteiger partial charge < -0.3 is 27.0 Å². The van der Waals surface area contributed by atoms with Crippen molar-refractivity contribution >= 4 is 17.6 Å². The molecule has 0 saturated carbocycles. The van der Waals surface area contributed by atoms with Crippen LogP contribution in [-0.2, 0) is 17.8 Å². The lowest BCUT2D eigenvalue weighted by atomic mass is 10.0. The molecule has 0 aliphatic heterocycles. The molecule has 0 aliphatic rings. The summed E-state index contributed by atoms with van der Waals surface area (Å²) in [7, 11) is 0. The molecule has 3 amide bonds. The van der Waals surface area contributed by atoms with E-state index in [1.807, 2.05) is 78.9 Å². The molecular weight excluding hydrogens is 450 g/mol. The van der Waals surface area contributed by atoms with Gasteiger partial charge in [0.05, 0.1) is 6.04 Å². The Balaban J connectivity index is 1.62. The highest BCUT2D eigenvalue weighted by atomic mass is 16.2. The number of hydrogen-bond acceptors (Lipinski definition) is 4. The number of para-hydroxylation sites is 1. The summed E-state index contributed by atoms with van der Waals surface area (Å²) in [4.78, 5) is 25.6. The molecule has 36 heavy (non-hydrogen) atoms. The molecule has 0 heterocycles. The van der Waals surface area contributed by atoms with Crippen molar-refractivity contribution in [3.8, 4) is 0 Å². The molecule has 7 heteroatoms. The number of benzene rings is 3. The summed E-state index contributed by atoms with van der Waals surface area (Å²) >= 11 is 0. The zero-order valence-electron chi connectivity index (χ0n) is 20.7. The van der Waals surface area contributed by atoms with Gasteiger partial charge in [-0.25, -0.2) is 4.79 Å². The Bertz CT molecular complexity index is 1030. The number of rotatable bonds is 14. The van der Waals surface area contributed by atoms with Crippen molar-refractivity contribution in [2.75, 3.05) is 18.4 Å². The molecule has 0 fully saturated rings. The number of nitrogens with two attached hydrogens (primary N) is 1. The molecule has 3 rings (SSSR count). The maximum Gasteiger partial charge on any atom is 0.319 e. The number of carbonyl (C=O) groups excluding carboxylic acids is 2. The Morgan fingerprint density at radius 1 is 0.750 bits per heavy atom. The lowest BCUT2D eigenvalue weighted by molar-refractivity contribution is -0.123. The number of aryl methyl sites for hydroxylation is 1. The highest BCUT2D eigenvalue weighted by molar-refractivity contribution is 5.89. The lowest BCUT2D eigenvalue weighted by Gasteiger charge is -2.26. The first-order chi connectivity index (χ1) is 17.6. The fourth-order valence-corrected chi connectivity index (χ4v) is 3.95. The van der Waals surface area contributed by atoms with E-state index in [2.05, 4.69) is 33.4 Å². The van der Waals surface area contributed by atoms with E-state index in [1.165, 1.54) is 5.56 Å². The van der Waals surface area contributed by atoms with E-state index in [1.54, 1.807) is 0 Å². The predicted molar refractivity (Wildman–Crippen MR) is 146 cm³/mol. The van der Waals surface area contributed by atoms with Gasteiger partial charge in [-0.3, -0.25) is 4.79 Å². The first-order valence-electron chi connectivity index (χ1n) is 12.6. The molecule has 6 N–H and O–H groups in total. The highest BCUT2D eigenvalue weighted by Gasteiger charge is 2.22. The van der Waals surface area contributed by atoms with Gasteiger partial charge in [0, 0.05) is 24.8 Å². The number of amides is 3. The topological polar surface area (TPSA) is 108 Å². The van der Waals surface area contributed by atoms with E-state index in [-0.39, 0.29) is 18.0 Å². The molecule has 7 nitrogen and oxygen atoms in total. The van der Waals surface area contributed by atoms with Crippen LogP contribution in [0, 0.1) is 0 Å². The van der Waals surface area contributed by atoms with Gasteiger partial charge in [-0.2, -0.15) is 0 Å². The van der Waals surface area contributed by atoms with Crippen molar-refractivity contribution in [3.05, 3.63) is 102 Å². The SMILES string of the molecule is NCCC[C@H](NC(CCc1ccccc1)CNC(=O)Nc1ccccc1)C(=O)NCc1ccccc1. The number of urea groups is 1. The Morgan fingerprint density at radius 2 is 1.36 bits per heavy atom. The molecule has 3 aromatic rings. The molecular formula is C29H37N5O2. The molecule has 0 aliphatic carbocycles. The maximum absolute atomic E-state index is 13.1. The highest BCUT2D eigenvalue weighted by Crippen LogP contribution is 2.09. The third-order valence-corrected chi connectivity index (χ3v) is 5.92. The molecule has 2 atom stereocenters. The van der Waals surface area contributed by atoms with Crippen LogP contribution in [0.3, 0.4) is 0 Å². The lowest BCUT2D eigenvalue weighted by Crippen LogP contribution is -2.52. The Kier molecular flexibility index (Phi) is 11.5. The second kappa shape index (κ2) is 15.3. The molecule has 0 aromatic heterocycles. The predicted octanol–water partition coefficient (Wildman–Crippen LogP) is 3.82. The number of hydrogen-bond donors (Lipinski definition) is 5. The summed E-state index contributed by atoms with van der Waals surface area (Å²) in [5.74, 6) is -0.0641. The zero-order valence-corrected chi connectivity index (χ0v) is 20.7. The van der Waals surface area contributed by atoms with Crippen LogP contribution >= 0.6 is 0 Å². The number of carbonyl (C=O) groups is 2. The Labute approximate surface area is 213 Å². The Hall–Kier alpha value is -3.68. The van der Waals surface area contributed by atoms with E-state index >= 15 is 0 Å². The van der Waals surface area contributed by atoms with Gasteiger partial charge in [0.2, 0.25) is 5.91 Å². The molecule has 0 saturated heterocycles. The fraction of sp³-hybridized carbons (Fsp3) is 0.310. The van der Waals surface area contributed by atoms with Gasteiger partial charge in [-0.1, -0.05) is 78.9 Å². The van der Waals surface area contributed by atoms with Gasteiger partial charge in [0.25, 0.3) is 0 Å². The van der Waals surface area contributed by atoms with Crippen molar-refractivity contribution in [2.24, 2.45) is 5.73 Å². The van der Waals surface area contributed by atoms with Crippen LogP contribution in [0.4, 0.5) is 10.5 Å². The van der Waals surface area contributed by atoms with E-state index in [4.69, 9.17) is 5.73 Å². The molecule has 0 spiro atoms. The van der Waals surface area contributed by atoms with E-state index < -0.39 is 6.04 Å².